The molecule has 0 fully saturated rings. The average Bonchev–Trinajstić information content (AvgIpc) is 3.30. The van der Waals surface area contributed by atoms with Crippen LogP contribution in [0.1, 0.15) is 17.3 Å². The second kappa shape index (κ2) is 8.31. The predicted octanol–water partition coefficient (Wildman–Crippen LogP) is 4.81. The number of sulfonamides is 1. The summed E-state index contributed by atoms with van der Waals surface area (Å²) in [6, 6.07) is 19.1. The summed E-state index contributed by atoms with van der Waals surface area (Å²) >= 11 is 0. The van der Waals surface area contributed by atoms with Crippen LogP contribution in [0.25, 0.3) is 11.3 Å². The normalized spacial score (nSPS) is 15.5. The minimum absolute atomic E-state index is 0.177. The highest BCUT2D eigenvalue weighted by Gasteiger charge is 2.34. The molecule has 172 valence electrons. The van der Waals surface area contributed by atoms with Crippen LogP contribution < -0.4 is 14.9 Å². The number of anilines is 3. The maximum Gasteiger partial charge on any atom is 0.229 e. The molecule has 0 amide bonds. The summed E-state index contributed by atoms with van der Waals surface area (Å²) in [7, 11) is -3.69. The zero-order valence-electron chi connectivity index (χ0n) is 18.0. The molecule has 0 bridgehead atoms. The number of benzene rings is 2. The van der Waals surface area contributed by atoms with E-state index in [2.05, 4.69) is 15.0 Å². The molecule has 8 nitrogen and oxygen atoms in total. The van der Waals surface area contributed by atoms with Crippen molar-refractivity contribution in [1.82, 2.24) is 4.98 Å². The van der Waals surface area contributed by atoms with Crippen molar-refractivity contribution in [3.8, 4) is 11.3 Å². The number of nitrogens with one attached hydrogen (secondary N) is 3. The lowest BCUT2D eigenvalue weighted by Gasteiger charge is -2.38. The Bertz CT molecular complexity index is 1470. The molecule has 2 aromatic carbocycles. The van der Waals surface area contributed by atoms with Crippen molar-refractivity contribution in [2.24, 2.45) is 0 Å². The quantitative estimate of drug-likeness (QED) is 0.380. The van der Waals surface area contributed by atoms with Gasteiger partial charge in [-0.25, -0.2) is 12.8 Å². The number of halogens is 1. The van der Waals surface area contributed by atoms with Crippen molar-refractivity contribution in [2.75, 3.05) is 21.2 Å². The van der Waals surface area contributed by atoms with E-state index in [4.69, 9.17) is 9.83 Å². The molecular weight excluding hydrogens is 457 g/mol. The number of hydrogen-bond donors (Lipinski definition) is 3. The highest BCUT2D eigenvalue weighted by molar-refractivity contribution is 7.92. The Morgan fingerprint density at radius 2 is 1.91 bits per heavy atom. The van der Waals surface area contributed by atoms with Crippen molar-refractivity contribution in [2.45, 2.75) is 6.17 Å². The summed E-state index contributed by atoms with van der Waals surface area (Å²) in [6.07, 6.45) is 3.50. The topological polar surface area (TPSA) is 111 Å². The lowest BCUT2D eigenvalue weighted by molar-refractivity contribution is 0.564. The van der Waals surface area contributed by atoms with Gasteiger partial charge in [0.05, 0.1) is 29.5 Å². The zero-order valence-corrected chi connectivity index (χ0v) is 18.8. The summed E-state index contributed by atoms with van der Waals surface area (Å²) in [4.78, 5) is 6.10. The third-order valence-electron chi connectivity index (χ3n) is 5.39. The Labute approximate surface area is 195 Å². The van der Waals surface area contributed by atoms with E-state index in [1.165, 1.54) is 24.5 Å². The van der Waals surface area contributed by atoms with E-state index in [0.717, 1.165) is 17.5 Å². The first-order valence-corrected chi connectivity index (χ1v) is 12.2. The lowest BCUT2D eigenvalue weighted by atomic mass is 10.0. The number of nitrogens with zero attached hydrogens (tertiary/aromatic N) is 2. The lowest BCUT2D eigenvalue weighted by Crippen LogP contribution is -2.42. The van der Waals surface area contributed by atoms with Gasteiger partial charge in [-0.3, -0.25) is 15.1 Å². The number of aromatic nitrogens is 1. The number of amidine groups is 1. The third kappa shape index (κ3) is 4.11. The second-order valence-corrected chi connectivity index (χ2v) is 9.55. The van der Waals surface area contributed by atoms with Gasteiger partial charge >= 0.3 is 0 Å². The van der Waals surface area contributed by atoms with Gasteiger partial charge in [0.25, 0.3) is 0 Å². The van der Waals surface area contributed by atoms with Crippen molar-refractivity contribution >= 4 is 33.1 Å². The van der Waals surface area contributed by atoms with Gasteiger partial charge in [0.1, 0.15) is 17.8 Å². The van der Waals surface area contributed by atoms with Crippen LogP contribution in [0.15, 0.2) is 83.6 Å². The summed E-state index contributed by atoms with van der Waals surface area (Å²) in [5.41, 5.74) is 3.38. The average molecular weight is 478 g/mol. The zero-order chi connectivity index (χ0) is 23.9. The highest BCUT2D eigenvalue weighted by atomic mass is 32.2. The number of furan rings is 1. The van der Waals surface area contributed by atoms with Crippen LogP contribution in [-0.4, -0.2) is 25.5 Å². The van der Waals surface area contributed by atoms with Gasteiger partial charge in [-0.1, -0.05) is 24.3 Å². The monoisotopic (exact) mass is 477 g/mol. The summed E-state index contributed by atoms with van der Waals surface area (Å²) < 4.78 is 45.4. The molecular formula is C24H20FN5O3S. The van der Waals surface area contributed by atoms with Crippen LogP contribution in [0.5, 0.6) is 0 Å². The van der Waals surface area contributed by atoms with Crippen molar-refractivity contribution in [3.63, 3.8) is 0 Å². The van der Waals surface area contributed by atoms with E-state index in [0.29, 0.717) is 22.7 Å². The van der Waals surface area contributed by atoms with Crippen molar-refractivity contribution < 1.29 is 17.2 Å². The van der Waals surface area contributed by atoms with Gasteiger partial charge in [-0.05, 0) is 48.0 Å². The van der Waals surface area contributed by atoms with Crippen molar-refractivity contribution in [1.29, 1.82) is 5.41 Å². The van der Waals surface area contributed by atoms with Gasteiger partial charge in [-0.15, -0.1) is 0 Å². The van der Waals surface area contributed by atoms with Crippen LogP contribution in [0.3, 0.4) is 0 Å². The van der Waals surface area contributed by atoms with E-state index in [9.17, 15) is 12.8 Å². The van der Waals surface area contributed by atoms with E-state index < -0.39 is 22.0 Å². The fourth-order valence-corrected chi connectivity index (χ4v) is 4.44. The number of pyridine rings is 1. The highest BCUT2D eigenvalue weighted by Crippen LogP contribution is 2.38. The van der Waals surface area contributed by atoms with E-state index >= 15 is 0 Å². The second-order valence-electron chi connectivity index (χ2n) is 7.80. The first kappa shape index (κ1) is 21.7. The van der Waals surface area contributed by atoms with Gasteiger partial charge < -0.3 is 14.6 Å². The molecule has 34 heavy (non-hydrogen) atoms. The number of fused-ring (bicyclic) bond motifs is 1. The number of hydrogen-bond acceptors (Lipinski definition) is 6. The fraction of sp³-hybridized carbons (Fsp3) is 0.0833. The molecule has 5 rings (SSSR count). The molecule has 0 spiro atoms. The molecule has 0 saturated carbocycles. The molecule has 0 aliphatic carbocycles. The molecule has 1 unspecified atom stereocenters. The van der Waals surface area contributed by atoms with Gasteiger partial charge in [-0.2, -0.15) is 0 Å². The van der Waals surface area contributed by atoms with Crippen LogP contribution >= 0.6 is 0 Å². The molecule has 3 N–H and O–H groups in total. The van der Waals surface area contributed by atoms with Crippen LogP contribution in [0, 0.1) is 11.2 Å². The Balaban J connectivity index is 1.57. The van der Waals surface area contributed by atoms with Crippen LogP contribution in [0.2, 0.25) is 0 Å². The van der Waals surface area contributed by atoms with E-state index in [-0.39, 0.29) is 11.5 Å². The van der Waals surface area contributed by atoms with Gasteiger partial charge in [0.2, 0.25) is 15.9 Å². The van der Waals surface area contributed by atoms with Gasteiger partial charge in [0, 0.05) is 17.4 Å². The molecule has 1 aliphatic rings. The SMILES string of the molecule is CS(=O)(=O)Nc1cc(C2Nc3occc3C(=N)N2c2ccc(-c3ccccn3)cc2)ccc1F. The van der Waals surface area contributed by atoms with Crippen molar-refractivity contribution in [3.05, 3.63) is 96.1 Å². The molecule has 1 atom stereocenters. The van der Waals surface area contributed by atoms with Crippen LogP contribution in [-0.2, 0) is 10.0 Å². The molecule has 4 aromatic rings. The first-order valence-electron chi connectivity index (χ1n) is 10.3. The third-order valence-corrected chi connectivity index (χ3v) is 5.99. The molecule has 3 heterocycles. The molecule has 1 aliphatic heterocycles. The maximum atomic E-state index is 14.3. The molecule has 0 radical (unpaired) electrons. The smallest absolute Gasteiger partial charge is 0.229 e. The summed E-state index contributed by atoms with van der Waals surface area (Å²) in [6.45, 7) is 0. The van der Waals surface area contributed by atoms with E-state index in [1.54, 1.807) is 17.2 Å². The first-order chi connectivity index (χ1) is 16.3. The Morgan fingerprint density at radius 3 is 2.62 bits per heavy atom. The predicted molar refractivity (Wildman–Crippen MR) is 129 cm³/mol. The summed E-state index contributed by atoms with van der Waals surface area (Å²) in [5, 5.41) is 12.1. The molecule has 0 saturated heterocycles. The minimum Gasteiger partial charge on any atom is -0.448 e. The van der Waals surface area contributed by atoms with Gasteiger partial charge in [0.15, 0.2) is 0 Å². The largest absolute Gasteiger partial charge is 0.448 e. The molecule has 10 heteroatoms. The number of rotatable bonds is 5. The van der Waals surface area contributed by atoms with E-state index in [1.807, 2.05) is 42.5 Å². The Hall–Kier alpha value is -4.18. The van der Waals surface area contributed by atoms with Crippen LogP contribution in [0.4, 0.5) is 21.6 Å². The maximum absolute atomic E-state index is 14.3. The Kier molecular flexibility index (Phi) is 5.29. The summed E-state index contributed by atoms with van der Waals surface area (Å²) in [5.74, 6) is -0.122. The fourth-order valence-electron chi connectivity index (χ4n) is 3.88. The Morgan fingerprint density at radius 1 is 1.12 bits per heavy atom. The standard InChI is InChI=1S/C24H20FN5O3S/c1-34(31,32)29-21-14-16(7-10-19(21)25)23-28-24-18(11-13-33-24)22(26)30(23)17-8-5-15(6-9-17)20-4-2-3-12-27-20/h2-14,23,26,28-29H,1H3. The molecule has 2 aromatic heterocycles. The minimum atomic E-state index is -3.69.